The minimum absolute atomic E-state index is 0.0216. The van der Waals surface area contributed by atoms with Crippen LogP contribution in [-0.4, -0.2) is 46.3 Å². The first-order valence-electron chi connectivity index (χ1n) is 23.2. The Labute approximate surface area is 375 Å². The third-order valence-corrected chi connectivity index (χ3v) is 11.3. The molecule has 4 aromatic rings. The van der Waals surface area contributed by atoms with Crippen LogP contribution in [0.3, 0.4) is 0 Å². The van der Waals surface area contributed by atoms with Crippen molar-refractivity contribution in [1.82, 2.24) is 35.9 Å². The van der Waals surface area contributed by atoms with Crippen molar-refractivity contribution in [2.75, 3.05) is 25.5 Å². The van der Waals surface area contributed by atoms with Crippen molar-refractivity contribution >= 4 is 16.7 Å². The Bertz CT molecular complexity index is 1860. The summed E-state index contributed by atoms with van der Waals surface area (Å²) in [4.78, 5) is 22.2. The molecule has 1 aliphatic rings. The lowest BCUT2D eigenvalue weighted by Crippen LogP contribution is -2.43. The van der Waals surface area contributed by atoms with Gasteiger partial charge in [0.1, 0.15) is 18.7 Å². The number of pyridine rings is 1. The van der Waals surface area contributed by atoms with Gasteiger partial charge in [0, 0.05) is 53.8 Å². The normalized spacial score (nSPS) is 14.2. The van der Waals surface area contributed by atoms with Gasteiger partial charge in [-0.3, -0.25) is 14.5 Å². The van der Waals surface area contributed by atoms with Crippen LogP contribution in [0.15, 0.2) is 116 Å². The van der Waals surface area contributed by atoms with Gasteiger partial charge in [0.2, 0.25) is 5.91 Å². The first kappa shape index (κ1) is 52.9. The summed E-state index contributed by atoms with van der Waals surface area (Å²) in [5, 5.41) is 15.5. The fourth-order valence-electron chi connectivity index (χ4n) is 7.23. The molecule has 2 aromatic heterocycles. The van der Waals surface area contributed by atoms with Crippen molar-refractivity contribution in [3.05, 3.63) is 128 Å². The number of nitrogens with zero attached hydrogens (tertiary/aromatic N) is 3. The van der Waals surface area contributed by atoms with E-state index in [-0.39, 0.29) is 42.2 Å². The fourth-order valence-corrected chi connectivity index (χ4v) is 7.23. The average molecular weight is 851 g/mol. The summed E-state index contributed by atoms with van der Waals surface area (Å²) in [5.41, 5.74) is 3.97. The number of hydrogen-bond acceptors (Lipinski definition) is 8. The Morgan fingerprint density at radius 3 is 2.13 bits per heavy atom. The van der Waals surface area contributed by atoms with E-state index >= 15 is 0 Å². The quantitative estimate of drug-likeness (QED) is 0.0524. The number of fused-ring (bicyclic) bond motifs is 1. The zero-order valence-electron chi connectivity index (χ0n) is 39.8. The van der Waals surface area contributed by atoms with E-state index < -0.39 is 0 Å². The summed E-state index contributed by atoms with van der Waals surface area (Å²) in [5.74, 6) is 7.99. The summed E-state index contributed by atoms with van der Waals surface area (Å²) >= 11 is 0. The van der Waals surface area contributed by atoms with Crippen molar-refractivity contribution in [3.63, 3.8) is 0 Å². The zero-order chi connectivity index (χ0) is 45.9. The van der Waals surface area contributed by atoms with Gasteiger partial charge in [-0.2, -0.15) is 0 Å². The van der Waals surface area contributed by atoms with Gasteiger partial charge in [-0.15, -0.1) is 0 Å². The number of ether oxygens (including phenoxy) is 1. The van der Waals surface area contributed by atoms with Crippen molar-refractivity contribution < 1.29 is 9.53 Å². The van der Waals surface area contributed by atoms with E-state index in [0.29, 0.717) is 31.8 Å². The minimum atomic E-state index is -0.227. The van der Waals surface area contributed by atoms with Gasteiger partial charge in [0.05, 0.1) is 30.5 Å². The van der Waals surface area contributed by atoms with Gasteiger partial charge >= 0.3 is 0 Å². The maximum Gasteiger partial charge on any atom is 0.223 e. The smallest absolute Gasteiger partial charge is 0.223 e. The Balaban J connectivity index is 0.000000881. The lowest BCUT2D eigenvalue weighted by Gasteiger charge is -2.32. The average Bonchev–Trinajstić information content (AvgIpc) is 3.70. The molecule has 4 unspecified atom stereocenters. The van der Waals surface area contributed by atoms with E-state index in [1.807, 2.05) is 62.4 Å². The Morgan fingerprint density at radius 1 is 0.855 bits per heavy atom. The molecule has 10 nitrogen and oxygen atoms in total. The van der Waals surface area contributed by atoms with Crippen molar-refractivity contribution in [1.29, 1.82) is 0 Å². The van der Waals surface area contributed by atoms with E-state index in [1.54, 1.807) is 18.7 Å². The number of benzene rings is 2. The Kier molecular flexibility index (Phi) is 25.5. The molecule has 5 rings (SSSR count). The van der Waals surface area contributed by atoms with Crippen LogP contribution in [0.5, 0.6) is 5.75 Å². The van der Waals surface area contributed by atoms with Gasteiger partial charge in [-0.1, -0.05) is 169 Å². The van der Waals surface area contributed by atoms with E-state index in [0.717, 1.165) is 45.2 Å². The number of hydrogen-bond donors (Lipinski definition) is 5. The molecular formula is C52H82N8O2. The maximum absolute atomic E-state index is 13.4. The second-order valence-corrected chi connectivity index (χ2v) is 16.8. The molecule has 2 aromatic carbocycles. The van der Waals surface area contributed by atoms with E-state index in [9.17, 15) is 4.79 Å². The molecule has 1 saturated carbocycles. The second kappa shape index (κ2) is 29.9. The highest BCUT2D eigenvalue weighted by atomic mass is 16.5. The number of nitrogens with two attached hydrogens (primary N) is 1. The summed E-state index contributed by atoms with van der Waals surface area (Å²) in [6.45, 7) is 33.7. The van der Waals surface area contributed by atoms with Gasteiger partial charge in [-0.25, -0.2) is 4.98 Å². The van der Waals surface area contributed by atoms with Crippen LogP contribution in [0.2, 0.25) is 0 Å². The topological polar surface area (TPSA) is 131 Å². The number of carbonyl (C=O) groups excluding carboxylic acids is 1. The van der Waals surface area contributed by atoms with Crippen LogP contribution < -0.4 is 31.8 Å². The van der Waals surface area contributed by atoms with Crippen LogP contribution in [0.1, 0.15) is 119 Å². The van der Waals surface area contributed by atoms with Crippen molar-refractivity contribution in [2.24, 2.45) is 29.6 Å². The SMILES string of the molecule is C=C(CNC(=O)C(C(C)C)C(C)C(C)CNC(=C)C(Cc1cn(N)cn1)NC(=C)COc1cccc2ccccc12)NCc1ccccn1.CC.CC1CCCCC1.CCCC. The summed E-state index contributed by atoms with van der Waals surface area (Å²) < 4.78 is 7.62. The maximum atomic E-state index is 13.4. The number of nitrogen functional groups attached to an aromatic ring is 1. The molecule has 62 heavy (non-hydrogen) atoms. The molecular weight excluding hydrogens is 769 g/mol. The van der Waals surface area contributed by atoms with Gasteiger partial charge in [-0.05, 0) is 47.3 Å². The molecule has 1 aliphatic carbocycles. The highest BCUT2D eigenvalue weighted by Crippen LogP contribution is 2.28. The molecule has 1 fully saturated rings. The number of amides is 1. The van der Waals surface area contributed by atoms with E-state index in [2.05, 4.69) is 112 Å². The van der Waals surface area contributed by atoms with E-state index in [4.69, 9.17) is 10.6 Å². The fraction of sp³-hybridized carbons (Fsp3) is 0.519. The molecule has 0 radical (unpaired) electrons. The predicted molar refractivity (Wildman–Crippen MR) is 263 cm³/mol. The Morgan fingerprint density at radius 2 is 1.53 bits per heavy atom. The van der Waals surface area contributed by atoms with Crippen molar-refractivity contribution in [2.45, 2.75) is 126 Å². The van der Waals surface area contributed by atoms with Crippen molar-refractivity contribution in [3.8, 4) is 5.75 Å². The van der Waals surface area contributed by atoms with Gasteiger partial charge in [0.25, 0.3) is 0 Å². The number of unbranched alkanes of at least 4 members (excludes halogenated alkanes) is 1. The molecule has 2 heterocycles. The van der Waals surface area contributed by atoms with Crippen LogP contribution in [0.4, 0.5) is 0 Å². The molecule has 342 valence electrons. The molecule has 0 saturated heterocycles. The molecule has 1 amide bonds. The summed E-state index contributed by atoms with van der Waals surface area (Å²) in [6, 6.07) is 19.7. The third kappa shape index (κ3) is 19.6. The van der Waals surface area contributed by atoms with Crippen LogP contribution >= 0.6 is 0 Å². The van der Waals surface area contributed by atoms with Gasteiger partial charge in [0.15, 0.2) is 0 Å². The minimum Gasteiger partial charge on any atom is -0.487 e. The third-order valence-electron chi connectivity index (χ3n) is 11.3. The highest BCUT2D eigenvalue weighted by Gasteiger charge is 2.31. The molecule has 0 spiro atoms. The first-order valence-corrected chi connectivity index (χ1v) is 23.2. The van der Waals surface area contributed by atoms with Crippen LogP contribution in [0.25, 0.3) is 10.8 Å². The number of carbonyl (C=O) groups is 1. The van der Waals surface area contributed by atoms with Crippen LogP contribution in [-0.2, 0) is 17.8 Å². The molecule has 0 aliphatic heterocycles. The summed E-state index contributed by atoms with van der Waals surface area (Å²) in [7, 11) is 0. The van der Waals surface area contributed by atoms with E-state index in [1.165, 1.54) is 49.6 Å². The van der Waals surface area contributed by atoms with Gasteiger partial charge < -0.3 is 31.8 Å². The Hall–Kier alpha value is -5.25. The number of rotatable bonds is 21. The standard InChI is InChI=1S/C39H52N8O2.C7H14.C4H10.C2H6/c1-26(2)38(39(48)44-21-28(4)42-22-33-15-10-11-18-41-33)30(6)27(3)20-43-31(7)36(19-34-23-47(40)25-45-34)46-29(5)24-49-37-17-12-14-32-13-8-9-16-35(32)37;1-7-5-3-2-4-6-7;1-3-4-2;1-2/h8-18,23,25-27,30,36,38,42-43,46H,4-5,7,19-22,24,40H2,1-3,6H3,(H,44,48);7H,2-6H2,1H3;3-4H2,1-2H3;1-2H3. The summed E-state index contributed by atoms with van der Waals surface area (Å²) in [6.07, 6.45) is 15.7. The highest BCUT2D eigenvalue weighted by molar-refractivity contribution is 5.88. The predicted octanol–water partition coefficient (Wildman–Crippen LogP) is 10.7. The lowest BCUT2D eigenvalue weighted by molar-refractivity contribution is -0.128. The molecule has 0 bridgehead atoms. The largest absolute Gasteiger partial charge is 0.487 e. The lowest BCUT2D eigenvalue weighted by atomic mass is 9.77. The molecule has 10 heteroatoms. The zero-order valence-corrected chi connectivity index (χ0v) is 39.8. The number of nitrogens with one attached hydrogen (secondary N) is 4. The second-order valence-electron chi connectivity index (χ2n) is 16.8. The first-order chi connectivity index (χ1) is 29.8. The number of imidazole rings is 1. The monoisotopic (exact) mass is 851 g/mol. The van der Waals surface area contributed by atoms with Crippen LogP contribution in [0, 0.1) is 29.6 Å². The molecule has 6 N–H and O–H groups in total. The number of aromatic nitrogens is 3. The molecule has 4 atom stereocenters.